The van der Waals surface area contributed by atoms with Crippen molar-refractivity contribution < 1.29 is 13.6 Å². The van der Waals surface area contributed by atoms with Crippen LogP contribution >= 0.6 is 0 Å². The van der Waals surface area contributed by atoms with Gasteiger partial charge in [0, 0.05) is 12.6 Å². The smallest absolute Gasteiger partial charge is 0.254 e. The fourth-order valence-corrected chi connectivity index (χ4v) is 1.42. The first-order valence-corrected chi connectivity index (χ1v) is 5.58. The van der Waals surface area contributed by atoms with Crippen LogP contribution in [0.3, 0.4) is 0 Å². The van der Waals surface area contributed by atoms with Crippen LogP contribution in [-0.4, -0.2) is 19.0 Å². The van der Waals surface area contributed by atoms with Gasteiger partial charge in [-0.2, -0.15) is 0 Å². The standard InChI is InChI=1S/C12H16F2N2O/c13-9-4-5-10(11(14)8-9)12(17)16-7-3-1-2-6-15/h4-5,8H,1-3,6-7,15H2,(H,16,17). The van der Waals surface area contributed by atoms with Crippen molar-refractivity contribution in [3.05, 3.63) is 35.4 Å². The second-order valence-corrected chi connectivity index (χ2v) is 3.73. The molecule has 0 unspecified atom stereocenters. The van der Waals surface area contributed by atoms with Gasteiger partial charge >= 0.3 is 0 Å². The van der Waals surface area contributed by atoms with Crippen LogP contribution in [0.2, 0.25) is 0 Å². The minimum absolute atomic E-state index is 0.134. The van der Waals surface area contributed by atoms with Gasteiger partial charge in [-0.15, -0.1) is 0 Å². The Morgan fingerprint density at radius 1 is 1.24 bits per heavy atom. The molecule has 94 valence electrons. The van der Waals surface area contributed by atoms with E-state index in [1.54, 1.807) is 0 Å². The van der Waals surface area contributed by atoms with E-state index in [0.29, 0.717) is 19.2 Å². The van der Waals surface area contributed by atoms with Crippen LogP contribution in [0.15, 0.2) is 18.2 Å². The highest BCUT2D eigenvalue weighted by Gasteiger charge is 2.11. The zero-order valence-corrected chi connectivity index (χ0v) is 9.51. The summed E-state index contributed by atoms with van der Waals surface area (Å²) in [5, 5.41) is 2.58. The van der Waals surface area contributed by atoms with Crippen LogP contribution in [0.1, 0.15) is 29.6 Å². The Labute approximate surface area is 99.0 Å². The molecule has 0 fully saturated rings. The third-order valence-corrected chi connectivity index (χ3v) is 2.34. The predicted octanol–water partition coefficient (Wildman–Crippen LogP) is 1.82. The van der Waals surface area contributed by atoms with E-state index in [-0.39, 0.29) is 5.56 Å². The Hall–Kier alpha value is -1.49. The summed E-state index contributed by atoms with van der Waals surface area (Å²) in [6, 6.07) is 2.90. The van der Waals surface area contributed by atoms with E-state index in [0.717, 1.165) is 31.4 Å². The van der Waals surface area contributed by atoms with E-state index in [1.807, 2.05) is 0 Å². The van der Waals surface area contributed by atoms with Gasteiger partial charge in [0.15, 0.2) is 0 Å². The van der Waals surface area contributed by atoms with Gasteiger partial charge in [0.2, 0.25) is 0 Å². The highest BCUT2D eigenvalue weighted by molar-refractivity contribution is 5.94. The number of carbonyl (C=O) groups is 1. The first-order valence-electron chi connectivity index (χ1n) is 5.58. The molecule has 1 amide bonds. The van der Waals surface area contributed by atoms with E-state index in [1.165, 1.54) is 0 Å². The molecule has 0 atom stereocenters. The van der Waals surface area contributed by atoms with Gasteiger partial charge in [-0.1, -0.05) is 6.42 Å². The number of hydrogen-bond donors (Lipinski definition) is 2. The highest BCUT2D eigenvalue weighted by atomic mass is 19.1. The molecule has 0 saturated heterocycles. The van der Waals surface area contributed by atoms with Gasteiger partial charge in [-0.25, -0.2) is 8.78 Å². The lowest BCUT2D eigenvalue weighted by atomic mass is 10.2. The maximum Gasteiger partial charge on any atom is 0.254 e. The molecule has 5 heteroatoms. The molecular formula is C12H16F2N2O. The molecule has 3 nitrogen and oxygen atoms in total. The van der Waals surface area contributed by atoms with E-state index in [9.17, 15) is 13.6 Å². The normalized spacial score (nSPS) is 10.3. The fraction of sp³-hybridized carbons (Fsp3) is 0.417. The van der Waals surface area contributed by atoms with E-state index in [4.69, 9.17) is 5.73 Å². The number of unbranched alkanes of at least 4 members (excludes halogenated alkanes) is 2. The van der Waals surface area contributed by atoms with Crippen molar-refractivity contribution >= 4 is 5.91 Å². The molecule has 0 aliphatic heterocycles. The van der Waals surface area contributed by atoms with E-state index in [2.05, 4.69) is 5.32 Å². The predicted molar refractivity (Wildman–Crippen MR) is 61.6 cm³/mol. The molecule has 0 aromatic heterocycles. The second kappa shape index (κ2) is 6.96. The molecule has 0 aliphatic carbocycles. The molecule has 0 bridgehead atoms. The van der Waals surface area contributed by atoms with Gasteiger partial charge in [0.1, 0.15) is 11.6 Å². The Balaban J connectivity index is 2.42. The Kier molecular flexibility index (Phi) is 5.56. The van der Waals surface area contributed by atoms with Crippen molar-refractivity contribution in [1.82, 2.24) is 5.32 Å². The van der Waals surface area contributed by atoms with Crippen LogP contribution in [0.4, 0.5) is 8.78 Å². The maximum atomic E-state index is 13.2. The van der Waals surface area contributed by atoms with E-state index < -0.39 is 17.5 Å². The third-order valence-electron chi connectivity index (χ3n) is 2.34. The minimum atomic E-state index is -0.843. The van der Waals surface area contributed by atoms with E-state index >= 15 is 0 Å². The Bertz CT molecular complexity index is 383. The quantitative estimate of drug-likeness (QED) is 0.748. The molecule has 1 rings (SSSR count). The van der Waals surface area contributed by atoms with Crippen LogP contribution in [0, 0.1) is 11.6 Å². The topological polar surface area (TPSA) is 55.1 Å². The summed E-state index contributed by atoms with van der Waals surface area (Å²) < 4.78 is 25.8. The number of nitrogens with one attached hydrogen (secondary N) is 1. The lowest BCUT2D eigenvalue weighted by molar-refractivity contribution is 0.0949. The van der Waals surface area contributed by atoms with Gasteiger partial charge in [-0.3, -0.25) is 4.79 Å². The number of nitrogens with two attached hydrogens (primary N) is 1. The zero-order valence-electron chi connectivity index (χ0n) is 9.51. The summed E-state index contributed by atoms with van der Waals surface area (Å²) in [7, 11) is 0. The van der Waals surface area contributed by atoms with Crippen molar-refractivity contribution in [3.8, 4) is 0 Å². The van der Waals surface area contributed by atoms with Crippen LogP contribution in [-0.2, 0) is 0 Å². The van der Waals surface area contributed by atoms with Crippen molar-refractivity contribution in [2.24, 2.45) is 5.73 Å². The average molecular weight is 242 g/mol. The lowest BCUT2D eigenvalue weighted by Gasteiger charge is -2.05. The average Bonchev–Trinajstić information content (AvgIpc) is 2.28. The molecule has 0 spiro atoms. The minimum Gasteiger partial charge on any atom is -0.352 e. The molecule has 0 radical (unpaired) electrons. The summed E-state index contributed by atoms with van der Waals surface area (Å²) in [5.41, 5.74) is 5.19. The fourth-order valence-electron chi connectivity index (χ4n) is 1.42. The van der Waals surface area contributed by atoms with Gasteiger partial charge in [0.25, 0.3) is 5.91 Å². The summed E-state index contributed by atoms with van der Waals surface area (Å²) in [5.74, 6) is -2.05. The summed E-state index contributed by atoms with van der Waals surface area (Å²) in [6.07, 6.45) is 2.62. The zero-order chi connectivity index (χ0) is 12.7. The van der Waals surface area contributed by atoms with Gasteiger partial charge in [0.05, 0.1) is 5.56 Å². The number of rotatable bonds is 6. The number of benzene rings is 1. The molecule has 1 aromatic rings. The second-order valence-electron chi connectivity index (χ2n) is 3.73. The first-order chi connectivity index (χ1) is 8.15. The number of carbonyl (C=O) groups excluding carboxylic acids is 1. The SMILES string of the molecule is NCCCCCNC(=O)c1ccc(F)cc1F. The van der Waals surface area contributed by atoms with Gasteiger partial charge < -0.3 is 11.1 Å². The number of amides is 1. The monoisotopic (exact) mass is 242 g/mol. The first kappa shape index (κ1) is 13.6. The third kappa shape index (κ3) is 4.48. The number of hydrogen-bond acceptors (Lipinski definition) is 2. The Morgan fingerprint density at radius 2 is 2.00 bits per heavy atom. The van der Waals surface area contributed by atoms with Crippen LogP contribution in [0.5, 0.6) is 0 Å². The molecule has 0 aliphatic rings. The molecule has 0 heterocycles. The van der Waals surface area contributed by atoms with Crippen LogP contribution in [0.25, 0.3) is 0 Å². The molecule has 17 heavy (non-hydrogen) atoms. The number of halogens is 2. The lowest BCUT2D eigenvalue weighted by Crippen LogP contribution is -2.25. The van der Waals surface area contributed by atoms with Crippen molar-refractivity contribution in [1.29, 1.82) is 0 Å². The highest BCUT2D eigenvalue weighted by Crippen LogP contribution is 2.09. The molecular weight excluding hydrogens is 226 g/mol. The molecule has 0 saturated carbocycles. The van der Waals surface area contributed by atoms with Crippen LogP contribution < -0.4 is 11.1 Å². The molecule has 3 N–H and O–H groups in total. The Morgan fingerprint density at radius 3 is 2.65 bits per heavy atom. The van der Waals surface area contributed by atoms with Crippen molar-refractivity contribution in [2.45, 2.75) is 19.3 Å². The summed E-state index contributed by atoms with van der Waals surface area (Å²) in [4.78, 5) is 11.5. The molecule has 1 aromatic carbocycles. The van der Waals surface area contributed by atoms with Gasteiger partial charge in [-0.05, 0) is 31.5 Å². The largest absolute Gasteiger partial charge is 0.352 e. The summed E-state index contributed by atoms with van der Waals surface area (Å²) in [6.45, 7) is 1.09. The maximum absolute atomic E-state index is 13.2. The van der Waals surface area contributed by atoms with Crippen molar-refractivity contribution in [3.63, 3.8) is 0 Å². The van der Waals surface area contributed by atoms with Crippen molar-refractivity contribution in [2.75, 3.05) is 13.1 Å². The summed E-state index contributed by atoms with van der Waals surface area (Å²) >= 11 is 0.